The van der Waals surface area contributed by atoms with Gasteiger partial charge in [-0.3, -0.25) is 4.79 Å². The minimum Gasteiger partial charge on any atom is -0.508 e. The van der Waals surface area contributed by atoms with Crippen LogP contribution in [0, 0.1) is 12.7 Å². The lowest BCUT2D eigenvalue weighted by Gasteiger charge is -2.10. The number of benzene rings is 2. The molecule has 3 N–H and O–H groups in total. The molecule has 3 rings (SSSR count). The van der Waals surface area contributed by atoms with Crippen LogP contribution >= 0.6 is 0 Å². The number of imidazole rings is 1. The summed E-state index contributed by atoms with van der Waals surface area (Å²) < 4.78 is 15.5. The monoisotopic (exact) mass is 353 g/mol. The molecule has 6 heteroatoms. The Hall–Kier alpha value is -3.15. The first-order chi connectivity index (χ1) is 12.4. The van der Waals surface area contributed by atoms with Crippen molar-refractivity contribution in [3.05, 3.63) is 82.7 Å². The van der Waals surface area contributed by atoms with Crippen LogP contribution in [0.3, 0.4) is 0 Å². The van der Waals surface area contributed by atoms with Gasteiger partial charge in [0, 0.05) is 13.0 Å². The molecule has 0 aliphatic carbocycles. The lowest BCUT2D eigenvalue weighted by atomic mass is 10.0. The number of phenols is 1. The van der Waals surface area contributed by atoms with Gasteiger partial charge in [0.2, 0.25) is 5.91 Å². The van der Waals surface area contributed by atoms with E-state index in [0.717, 1.165) is 16.7 Å². The Labute approximate surface area is 150 Å². The summed E-state index contributed by atoms with van der Waals surface area (Å²) in [6, 6.07) is 11.7. The van der Waals surface area contributed by atoms with Crippen molar-refractivity contribution in [1.29, 1.82) is 0 Å². The van der Waals surface area contributed by atoms with E-state index in [1.165, 1.54) is 12.1 Å². The molecule has 26 heavy (non-hydrogen) atoms. The van der Waals surface area contributed by atoms with Crippen LogP contribution in [0.25, 0.3) is 0 Å². The van der Waals surface area contributed by atoms with E-state index in [2.05, 4.69) is 4.98 Å². The van der Waals surface area contributed by atoms with Crippen molar-refractivity contribution >= 4 is 5.91 Å². The molecule has 0 spiro atoms. The van der Waals surface area contributed by atoms with Crippen molar-refractivity contribution in [2.24, 2.45) is 5.73 Å². The fourth-order valence-corrected chi connectivity index (χ4v) is 3.06. The van der Waals surface area contributed by atoms with Crippen molar-refractivity contribution < 1.29 is 14.3 Å². The van der Waals surface area contributed by atoms with Gasteiger partial charge >= 0.3 is 0 Å². The van der Waals surface area contributed by atoms with E-state index < -0.39 is 5.91 Å². The molecule has 3 aromatic rings. The molecule has 0 saturated heterocycles. The minimum atomic E-state index is -0.459. The first kappa shape index (κ1) is 17.7. The molecule has 5 nitrogen and oxygen atoms in total. The number of phenolic OH excluding ortho intramolecular Hbond substituents is 1. The van der Waals surface area contributed by atoms with Crippen molar-refractivity contribution in [2.75, 3.05) is 0 Å². The lowest BCUT2D eigenvalue weighted by molar-refractivity contribution is -0.117. The predicted molar refractivity (Wildman–Crippen MR) is 96.3 cm³/mol. The minimum absolute atomic E-state index is 0.0441. The molecule has 1 aromatic heterocycles. The predicted octanol–water partition coefficient (Wildman–Crippen LogP) is 2.70. The maximum atomic E-state index is 13.6. The van der Waals surface area contributed by atoms with Crippen molar-refractivity contribution in [2.45, 2.75) is 26.3 Å². The highest BCUT2D eigenvalue weighted by molar-refractivity contribution is 5.76. The van der Waals surface area contributed by atoms with Gasteiger partial charge in [-0.1, -0.05) is 18.2 Å². The maximum Gasteiger partial charge on any atom is 0.223 e. The fraction of sp³-hybridized carbons (Fsp3) is 0.200. The van der Waals surface area contributed by atoms with Crippen LogP contribution < -0.4 is 5.73 Å². The first-order valence-electron chi connectivity index (χ1n) is 8.26. The molecule has 0 aliphatic rings. The quantitative estimate of drug-likeness (QED) is 0.715. The van der Waals surface area contributed by atoms with E-state index >= 15 is 0 Å². The molecular formula is C20H20FN3O2. The highest BCUT2D eigenvalue weighted by Crippen LogP contribution is 2.19. The van der Waals surface area contributed by atoms with Crippen LogP contribution in [0.4, 0.5) is 4.39 Å². The lowest BCUT2D eigenvalue weighted by Crippen LogP contribution is -2.18. The van der Waals surface area contributed by atoms with Crippen LogP contribution in [0.15, 0.2) is 48.8 Å². The van der Waals surface area contributed by atoms with Gasteiger partial charge in [0.1, 0.15) is 11.6 Å². The standard InChI is InChI=1S/C20H20FN3O2/c1-13-5-15(7-16(21)6-13)9-18-19(10-20(22)26)24(12-23-18)11-14-3-2-4-17(25)8-14/h2-8,12,25H,9-11H2,1H3,(H2,22,26). The Morgan fingerprint density at radius 1 is 1.23 bits per heavy atom. The molecular weight excluding hydrogens is 333 g/mol. The Morgan fingerprint density at radius 3 is 2.73 bits per heavy atom. The van der Waals surface area contributed by atoms with Gasteiger partial charge in [-0.15, -0.1) is 0 Å². The highest BCUT2D eigenvalue weighted by atomic mass is 19.1. The van der Waals surface area contributed by atoms with Crippen molar-refractivity contribution in [3.8, 4) is 5.75 Å². The number of nitrogens with two attached hydrogens (primary N) is 1. The van der Waals surface area contributed by atoms with Gasteiger partial charge in [0.25, 0.3) is 0 Å². The van der Waals surface area contributed by atoms with Crippen LogP contribution in [-0.4, -0.2) is 20.6 Å². The van der Waals surface area contributed by atoms with E-state index in [1.807, 2.05) is 23.6 Å². The molecule has 1 amide bonds. The second-order valence-corrected chi connectivity index (χ2v) is 6.39. The summed E-state index contributed by atoms with van der Waals surface area (Å²) in [5.41, 5.74) is 9.28. The number of carbonyl (C=O) groups is 1. The van der Waals surface area contributed by atoms with Crippen LogP contribution in [0.2, 0.25) is 0 Å². The molecule has 1 heterocycles. The number of hydrogen-bond acceptors (Lipinski definition) is 3. The summed E-state index contributed by atoms with van der Waals surface area (Å²) in [5.74, 6) is -0.579. The molecule has 0 bridgehead atoms. The second kappa shape index (κ2) is 7.39. The molecule has 0 fully saturated rings. The van der Waals surface area contributed by atoms with Gasteiger partial charge in [-0.05, 0) is 47.9 Å². The van der Waals surface area contributed by atoms with Gasteiger partial charge in [-0.2, -0.15) is 0 Å². The van der Waals surface area contributed by atoms with Crippen LogP contribution in [-0.2, 0) is 24.2 Å². The molecule has 0 aliphatic heterocycles. The summed E-state index contributed by atoms with van der Waals surface area (Å²) in [5, 5.41) is 9.62. The van der Waals surface area contributed by atoms with E-state index in [4.69, 9.17) is 5.73 Å². The van der Waals surface area contributed by atoms with Gasteiger partial charge in [0.15, 0.2) is 0 Å². The number of rotatable bonds is 6. The summed E-state index contributed by atoms with van der Waals surface area (Å²) >= 11 is 0. The van der Waals surface area contributed by atoms with Gasteiger partial charge in [0.05, 0.1) is 24.1 Å². The SMILES string of the molecule is Cc1cc(F)cc(Cc2ncn(Cc3cccc(O)c3)c2CC(N)=O)c1. The van der Waals surface area contributed by atoms with E-state index in [9.17, 15) is 14.3 Å². The molecule has 134 valence electrons. The van der Waals surface area contributed by atoms with Crippen LogP contribution in [0.5, 0.6) is 5.75 Å². The Morgan fingerprint density at radius 2 is 2.04 bits per heavy atom. The zero-order chi connectivity index (χ0) is 18.7. The largest absolute Gasteiger partial charge is 0.508 e. The van der Waals surface area contributed by atoms with Gasteiger partial charge < -0.3 is 15.4 Å². The summed E-state index contributed by atoms with van der Waals surface area (Å²) in [6.07, 6.45) is 2.10. The average Bonchev–Trinajstić information content (AvgIpc) is 2.88. The fourth-order valence-electron chi connectivity index (χ4n) is 3.06. The molecule has 2 aromatic carbocycles. The van der Waals surface area contributed by atoms with Crippen LogP contribution in [0.1, 0.15) is 28.1 Å². The third-order valence-corrected chi connectivity index (χ3v) is 4.11. The number of aromatic nitrogens is 2. The summed E-state index contributed by atoms with van der Waals surface area (Å²) in [6.45, 7) is 2.28. The Bertz CT molecular complexity index is 930. The number of halogens is 1. The number of carbonyl (C=O) groups excluding carboxylic acids is 1. The van der Waals surface area contributed by atoms with Gasteiger partial charge in [-0.25, -0.2) is 9.37 Å². The third-order valence-electron chi connectivity index (χ3n) is 4.11. The van der Waals surface area contributed by atoms with E-state index in [-0.39, 0.29) is 18.0 Å². The highest BCUT2D eigenvalue weighted by Gasteiger charge is 2.15. The molecule has 0 saturated carbocycles. The summed E-state index contributed by atoms with van der Waals surface area (Å²) in [7, 11) is 0. The smallest absolute Gasteiger partial charge is 0.223 e. The number of primary amides is 1. The first-order valence-corrected chi connectivity index (χ1v) is 8.26. The zero-order valence-corrected chi connectivity index (χ0v) is 14.4. The summed E-state index contributed by atoms with van der Waals surface area (Å²) in [4.78, 5) is 15.9. The topological polar surface area (TPSA) is 81.1 Å². The maximum absolute atomic E-state index is 13.6. The number of hydrogen-bond donors (Lipinski definition) is 2. The Kier molecular flexibility index (Phi) is 5.02. The number of aromatic hydroxyl groups is 1. The third kappa shape index (κ3) is 4.27. The molecule has 0 radical (unpaired) electrons. The average molecular weight is 353 g/mol. The van der Waals surface area contributed by atoms with E-state index in [0.29, 0.717) is 24.4 Å². The zero-order valence-electron chi connectivity index (χ0n) is 14.4. The Balaban J connectivity index is 1.92. The second-order valence-electron chi connectivity index (χ2n) is 6.39. The number of aryl methyl sites for hydroxylation is 1. The molecule has 0 atom stereocenters. The van der Waals surface area contributed by atoms with Crippen molar-refractivity contribution in [1.82, 2.24) is 9.55 Å². The number of amides is 1. The van der Waals surface area contributed by atoms with Crippen molar-refractivity contribution in [3.63, 3.8) is 0 Å². The van der Waals surface area contributed by atoms with E-state index in [1.54, 1.807) is 24.5 Å². The molecule has 0 unspecified atom stereocenters. The number of nitrogens with zero attached hydrogens (tertiary/aromatic N) is 2. The normalized spacial score (nSPS) is 10.8.